The Balaban J connectivity index is 1.52. The van der Waals surface area contributed by atoms with Crippen molar-refractivity contribution in [2.45, 2.75) is 13.5 Å². The quantitative estimate of drug-likeness (QED) is 0.549. The minimum Gasteiger partial charge on any atom is -0.489 e. The SMILES string of the molecule is Cc1ccc(COc2ccc(C(=O)NN=Cc3ccco3)cc2)cc1. The highest BCUT2D eigenvalue weighted by Gasteiger charge is 2.04. The Morgan fingerprint density at radius 3 is 2.56 bits per heavy atom. The molecule has 3 rings (SSSR count). The van der Waals surface area contributed by atoms with Crippen molar-refractivity contribution in [3.63, 3.8) is 0 Å². The van der Waals surface area contributed by atoms with Gasteiger partial charge >= 0.3 is 0 Å². The van der Waals surface area contributed by atoms with Crippen LogP contribution in [0.5, 0.6) is 5.75 Å². The van der Waals surface area contributed by atoms with Gasteiger partial charge in [0.15, 0.2) is 0 Å². The molecular weight excluding hydrogens is 316 g/mol. The summed E-state index contributed by atoms with van der Waals surface area (Å²) in [5.41, 5.74) is 5.26. The van der Waals surface area contributed by atoms with Crippen LogP contribution in [-0.4, -0.2) is 12.1 Å². The smallest absolute Gasteiger partial charge is 0.271 e. The van der Waals surface area contributed by atoms with E-state index in [-0.39, 0.29) is 5.91 Å². The third kappa shape index (κ3) is 4.81. The maximum Gasteiger partial charge on any atom is 0.271 e. The standard InChI is InChI=1S/C20H18N2O3/c1-15-4-6-16(7-5-15)14-25-18-10-8-17(9-11-18)20(23)22-21-13-19-3-2-12-24-19/h2-13H,14H2,1H3,(H,22,23). The number of carbonyl (C=O) groups is 1. The maximum absolute atomic E-state index is 12.0. The monoisotopic (exact) mass is 334 g/mol. The van der Waals surface area contributed by atoms with Crippen molar-refractivity contribution in [1.82, 2.24) is 5.43 Å². The van der Waals surface area contributed by atoms with E-state index in [2.05, 4.69) is 22.7 Å². The van der Waals surface area contributed by atoms with Crippen LogP contribution in [0.25, 0.3) is 0 Å². The van der Waals surface area contributed by atoms with E-state index in [1.165, 1.54) is 11.8 Å². The summed E-state index contributed by atoms with van der Waals surface area (Å²) in [4.78, 5) is 12.0. The lowest BCUT2D eigenvalue weighted by Gasteiger charge is -2.07. The summed E-state index contributed by atoms with van der Waals surface area (Å²) in [6.45, 7) is 2.53. The molecule has 5 heteroatoms. The van der Waals surface area contributed by atoms with E-state index in [4.69, 9.17) is 9.15 Å². The number of ether oxygens (including phenoxy) is 1. The lowest BCUT2D eigenvalue weighted by molar-refractivity contribution is 0.0955. The molecule has 0 aliphatic carbocycles. The van der Waals surface area contributed by atoms with E-state index < -0.39 is 0 Å². The molecule has 0 saturated heterocycles. The van der Waals surface area contributed by atoms with Crippen molar-refractivity contribution in [2.75, 3.05) is 0 Å². The molecule has 1 aromatic heterocycles. The lowest BCUT2D eigenvalue weighted by Crippen LogP contribution is -2.17. The van der Waals surface area contributed by atoms with Gasteiger partial charge in [-0.25, -0.2) is 5.43 Å². The fourth-order valence-corrected chi connectivity index (χ4v) is 2.14. The van der Waals surface area contributed by atoms with Gasteiger partial charge in [-0.3, -0.25) is 4.79 Å². The van der Waals surface area contributed by atoms with Crippen molar-refractivity contribution in [3.8, 4) is 5.75 Å². The normalized spacial score (nSPS) is 10.8. The fourth-order valence-electron chi connectivity index (χ4n) is 2.14. The summed E-state index contributed by atoms with van der Waals surface area (Å²) in [5.74, 6) is 0.976. The molecule has 25 heavy (non-hydrogen) atoms. The second-order valence-electron chi connectivity index (χ2n) is 5.51. The number of aryl methyl sites for hydroxylation is 1. The van der Waals surface area contributed by atoms with E-state index in [0.29, 0.717) is 23.7 Å². The molecule has 0 unspecified atom stereocenters. The Labute approximate surface area is 145 Å². The zero-order valence-corrected chi connectivity index (χ0v) is 13.8. The largest absolute Gasteiger partial charge is 0.489 e. The van der Waals surface area contributed by atoms with Gasteiger partial charge < -0.3 is 9.15 Å². The number of hydrogen-bond acceptors (Lipinski definition) is 4. The Kier molecular flexibility index (Phi) is 5.26. The number of carbonyl (C=O) groups excluding carboxylic acids is 1. The maximum atomic E-state index is 12.0. The molecule has 0 aliphatic heterocycles. The van der Waals surface area contributed by atoms with Crippen LogP contribution < -0.4 is 10.2 Å². The van der Waals surface area contributed by atoms with Gasteiger partial charge in [-0.2, -0.15) is 5.10 Å². The molecule has 2 aromatic carbocycles. The zero-order valence-electron chi connectivity index (χ0n) is 13.8. The van der Waals surface area contributed by atoms with E-state index in [1.54, 1.807) is 42.7 Å². The minimum absolute atomic E-state index is 0.298. The highest BCUT2D eigenvalue weighted by molar-refractivity contribution is 5.94. The minimum atomic E-state index is -0.298. The molecular formula is C20H18N2O3. The third-order valence-corrected chi connectivity index (χ3v) is 3.54. The Hall–Kier alpha value is -3.34. The molecule has 0 spiro atoms. The number of nitrogens with one attached hydrogen (secondary N) is 1. The van der Waals surface area contributed by atoms with Crippen LogP contribution in [0, 0.1) is 6.92 Å². The first-order chi connectivity index (χ1) is 12.2. The van der Waals surface area contributed by atoms with Crippen LogP contribution in [0.4, 0.5) is 0 Å². The average Bonchev–Trinajstić information content (AvgIpc) is 3.15. The van der Waals surface area contributed by atoms with Crippen molar-refractivity contribution in [1.29, 1.82) is 0 Å². The summed E-state index contributed by atoms with van der Waals surface area (Å²) in [6.07, 6.45) is 2.98. The van der Waals surface area contributed by atoms with Crippen LogP contribution in [-0.2, 0) is 6.61 Å². The highest BCUT2D eigenvalue weighted by Crippen LogP contribution is 2.14. The third-order valence-electron chi connectivity index (χ3n) is 3.54. The number of rotatable bonds is 6. The van der Waals surface area contributed by atoms with Crippen LogP contribution in [0.2, 0.25) is 0 Å². The molecule has 1 amide bonds. The molecule has 5 nitrogen and oxygen atoms in total. The van der Waals surface area contributed by atoms with Gasteiger partial charge in [0.05, 0.1) is 12.5 Å². The van der Waals surface area contributed by atoms with Gasteiger partial charge in [0.2, 0.25) is 0 Å². The predicted molar refractivity (Wildman–Crippen MR) is 95.7 cm³/mol. The van der Waals surface area contributed by atoms with Crippen molar-refractivity contribution >= 4 is 12.1 Å². The molecule has 0 fully saturated rings. The number of hydrazone groups is 1. The van der Waals surface area contributed by atoms with Crippen LogP contribution >= 0.6 is 0 Å². The van der Waals surface area contributed by atoms with E-state index in [9.17, 15) is 4.79 Å². The predicted octanol–water partition coefficient (Wildman–Crippen LogP) is 3.93. The molecule has 1 heterocycles. The van der Waals surface area contributed by atoms with E-state index in [1.807, 2.05) is 19.1 Å². The van der Waals surface area contributed by atoms with Gasteiger partial charge in [0.1, 0.15) is 18.1 Å². The first kappa shape index (κ1) is 16.5. The Morgan fingerprint density at radius 2 is 1.88 bits per heavy atom. The molecule has 0 aliphatic rings. The summed E-state index contributed by atoms with van der Waals surface area (Å²) in [7, 11) is 0. The highest BCUT2D eigenvalue weighted by atomic mass is 16.5. The molecule has 0 saturated carbocycles. The molecule has 3 aromatic rings. The van der Waals surface area contributed by atoms with Gasteiger partial charge in [0.25, 0.3) is 5.91 Å². The van der Waals surface area contributed by atoms with Gasteiger partial charge in [-0.05, 0) is 48.9 Å². The van der Waals surface area contributed by atoms with E-state index in [0.717, 1.165) is 5.56 Å². The number of amides is 1. The van der Waals surface area contributed by atoms with Crippen LogP contribution in [0.15, 0.2) is 76.4 Å². The second kappa shape index (κ2) is 7.97. The van der Waals surface area contributed by atoms with Gasteiger partial charge in [0, 0.05) is 5.56 Å². The first-order valence-electron chi connectivity index (χ1n) is 7.86. The van der Waals surface area contributed by atoms with Gasteiger partial charge in [-0.15, -0.1) is 0 Å². The molecule has 1 N–H and O–H groups in total. The molecule has 0 radical (unpaired) electrons. The zero-order chi connectivity index (χ0) is 17.5. The fraction of sp³-hybridized carbons (Fsp3) is 0.100. The van der Waals surface area contributed by atoms with Gasteiger partial charge in [-0.1, -0.05) is 29.8 Å². The number of nitrogens with zero attached hydrogens (tertiary/aromatic N) is 1. The summed E-state index contributed by atoms with van der Waals surface area (Å²) < 4.78 is 10.8. The number of furan rings is 1. The Bertz CT molecular complexity index is 836. The molecule has 0 bridgehead atoms. The molecule has 0 atom stereocenters. The topological polar surface area (TPSA) is 63.8 Å². The van der Waals surface area contributed by atoms with Crippen molar-refractivity contribution in [2.24, 2.45) is 5.10 Å². The van der Waals surface area contributed by atoms with Crippen molar-refractivity contribution in [3.05, 3.63) is 89.4 Å². The summed E-state index contributed by atoms with van der Waals surface area (Å²) >= 11 is 0. The first-order valence-corrected chi connectivity index (χ1v) is 7.86. The number of hydrogen-bond donors (Lipinski definition) is 1. The number of benzene rings is 2. The molecule has 126 valence electrons. The second-order valence-corrected chi connectivity index (χ2v) is 5.51. The van der Waals surface area contributed by atoms with Crippen LogP contribution in [0.1, 0.15) is 27.2 Å². The summed E-state index contributed by atoms with van der Waals surface area (Å²) in [6, 6.07) is 18.6. The Morgan fingerprint density at radius 1 is 1.12 bits per heavy atom. The lowest BCUT2D eigenvalue weighted by atomic mass is 10.2. The van der Waals surface area contributed by atoms with Crippen molar-refractivity contribution < 1.29 is 13.9 Å². The van der Waals surface area contributed by atoms with E-state index >= 15 is 0 Å². The summed E-state index contributed by atoms with van der Waals surface area (Å²) in [5, 5.41) is 3.85. The van der Waals surface area contributed by atoms with Crippen LogP contribution in [0.3, 0.4) is 0 Å². The average molecular weight is 334 g/mol.